The third kappa shape index (κ3) is 11.1. The number of likely N-dealkylation sites (N-methyl/N-ethyl adjacent to an activating group) is 1. The summed E-state index contributed by atoms with van der Waals surface area (Å²) in [6.07, 6.45) is 3.06. The van der Waals surface area contributed by atoms with Gasteiger partial charge in [-0.25, -0.2) is 4.79 Å². The first-order valence-corrected chi connectivity index (χ1v) is 19.5. The maximum absolute atomic E-state index is 14.2. The van der Waals surface area contributed by atoms with Gasteiger partial charge < -0.3 is 34.6 Å². The number of Topliss-reactive ketones (excluding diaryl/α,β-unsaturated/α-hetero) is 1. The first-order valence-electron chi connectivity index (χ1n) is 19.5. The van der Waals surface area contributed by atoms with E-state index in [0.717, 1.165) is 37.8 Å². The lowest BCUT2D eigenvalue weighted by Crippen LogP contribution is -2.55. The Morgan fingerprint density at radius 1 is 1.00 bits per heavy atom. The van der Waals surface area contributed by atoms with E-state index in [2.05, 4.69) is 24.5 Å². The first kappa shape index (κ1) is 44.0. The number of ether oxygens (including phenoxy) is 3. The highest BCUT2D eigenvalue weighted by atomic mass is 16.5. The number of carbonyl (C=O) groups is 5. The Labute approximate surface area is 317 Å². The summed E-state index contributed by atoms with van der Waals surface area (Å²) in [6.45, 7) is 13.0. The number of rotatable bonds is 20. The summed E-state index contributed by atoms with van der Waals surface area (Å²) < 4.78 is 17.0. The van der Waals surface area contributed by atoms with Crippen LogP contribution in [0.4, 0.5) is 0 Å². The number of hydrogen-bond acceptors (Lipinski definition) is 9. The molecule has 2 aliphatic rings. The van der Waals surface area contributed by atoms with Gasteiger partial charge in [0.15, 0.2) is 5.78 Å². The minimum absolute atomic E-state index is 0.00249. The number of amides is 3. The van der Waals surface area contributed by atoms with Crippen molar-refractivity contribution in [1.82, 2.24) is 20.4 Å². The molecule has 0 radical (unpaired) electrons. The molecule has 298 valence electrons. The molecule has 0 aromatic heterocycles. The normalized spacial score (nSPS) is 22.7. The van der Waals surface area contributed by atoms with E-state index in [1.54, 1.807) is 30.9 Å². The van der Waals surface area contributed by atoms with Gasteiger partial charge in [0.1, 0.15) is 6.04 Å². The van der Waals surface area contributed by atoms with Crippen LogP contribution >= 0.6 is 0 Å². The van der Waals surface area contributed by atoms with E-state index < -0.39 is 47.6 Å². The summed E-state index contributed by atoms with van der Waals surface area (Å²) in [6, 6.07) is 7.73. The van der Waals surface area contributed by atoms with Crippen LogP contribution < -0.4 is 10.6 Å². The van der Waals surface area contributed by atoms with E-state index >= 15 is 0 Å². The Bertz CT molecular complexity index is 1370. The highest BCUT2D eigenvalue weighted by Gasteiger charge is 2.44. The summed E-state index contributed by atoms with van der Waals surface area (Å²) in [7, 11) is 6.17. The molecule has 9 atom stereocenters. The van der Waals surface area contributed by atoms with Gasteiger partial charge in [-0.2, -0.15) is 0 Å². The van der Waals surface area contributed by atoms with Gasteiger partial charge in [0.2, 0.25) is 17.7 Å². The quantitative estimate of drug-likeness (QED) is 0.188. The number of esters is 1. The number of likely N-dealkylation sites (tertiary alicyclic amines) is 1. The molecule has 1 aromatic rings. The number of benzene rings is 1. The van der Waals surface area contributed by atoms with Gasteiger partial charge in [0.05, 0.1) is 49.3 Å². The molecule has 2 N–H and O–H groups in total. The van der Waals surface area contributed by atoms with E-state index in [0.29, 0.717) is 13.0 Å². The Kier molecular flexibility index (Phi) is 16.9. The predicted molar refractivity (Wildman–Crippen MR) is 204 cm³/mol. The van der Waals surface area contributed by atoms with Gasteiger partial charge in [-0.3, -0.25) is 19.2 Å². The summed E-state index contributed by atoms with van der Waals surface area (Å²) in [4.78, 5) is 71.7. The smallest absolute Gasteiger partial charge is 0.328 e. The maximum atomic E-state index is 14.2. The summed E-state index contributed by atoms with van der Waals surface area (Å²) in [5.74, 6) is -2.37. The standard InChI is InChI=1S/C41H66N4O8/c1-11-27(4)36(44(7)39(49)30(26(2)3)24-34(46)41(6)20-16-21-42-41)33(51-8)25-35(47)45-22-15-19-32(45)37(52-9)28(5)38(48)43-31(40(50)53-10)23-29-17-13-12-14-18-29/h12-14,17-18,26-28,30-33,36-37,42H,11,15-16,19-25H2,1-10H3,(H,43,48)/t27-,28+,30-,31-,32-,33+,36-,37+,41-/m0/s1. The van der Waals surface area contributed by atoms with Gasteiger partial charge in [-0.15, -0.1) is 0 Å². The lowest BCUT2D eigenvalue weighted by molar-refractivity contribution is -0.149. The fourth-order valence-corrected chi connectivity index (χ4v) is 8.22. The van der Waals surface area contributed by atoms with Crippen molar-refractivity contribution in [3.05, 3.63) is 35.9 Å². The molecule has 2 heterocycles. The van der Waals surface area contributed by atoms with Crippen LogP contribution in [-0.4, -0.2) is 117 Å². The number of carbonyl (C=O) groups excluding carboxylic acids is 5. The van der Waals surface area contributed by atoms with Gasteiger partial charge in [0, 0.05) is 46.6 Å². The molecule has 0 bridgehead atoms. The molecule has 2 fully saturated rings. The Hall–Kier alpha value is -3.35. The van der Waals surface area contributed by atoms with E-state index in [9.17, 15) is 24.0 Å². The highest BCUT2D eigenvalue weighted by molar-refractivity contribution is 5.93. The van der Waals surface area contributed by atoms with Crippen LogP contribution in [-0.2, 0) is 44.6 Å². The second kappa shape index (κ2) is 20.4. The minimum Gasteiger partial charge on any atom is -0.467 e. The van der Waals surface area contributed by atoms with Crippen molar-refractivity contribution in [2.75, 3.05) is 41.5 Å². The zero-order valence-electron chi connectivity index (χ0n) is 33.8. The average molecular weight is 743 g/mol. The van der Waals surface area contributed by atoms with Crippen molar-refractivity contribution >= 4 is 29.5 Å². The van der Waals surface area contributed by atoms with Gasteiger partial charge in [-0.05, 0) is 56.6 Å². The van der Waals surface area contributed by atoms with Crippen molar-refractivity contribution in [3.8, 4) is 0 Å². The molecule has 2 saturated heterocycles. The zero-order chi connectivity index (χ0) is 39.5. The second-order valence-electron chi connectivity index (χ2n) is 15.7. The fourth-order valence-electron chi connectivity index (χ4n) is 8.22. The molecule has 12 nitrogen and oxygen atoms in total. The van der Waals surface area contributed by atoms with Crippen molar-refractivity contribution in [3.63, 3.8) is 0 Å². The van der Waals surface area contributed by atoms with E-state index in [1.807, 2.05) is 51.1 Å². The second-order valence-corrected chi connectivity index (χ2v) is 15.7. The molecule has 0 unspecified atom stereocenters. The van der Waals surface area contributed by atoms with Gasteiger partial charge >= 0.3 is 5.97 Å². The molecular weight excluding hydrogens is 676 g/mol. The molecule has 12 heteroatoms. The number of hydrogen-bond donors (Lipinski definition) is 2. The zero-order valence-corrected chi connectivity index (χ0v) is 33.8. The largest absolute Gasteiger partial charge is 0.467 e. The van der Waals surface area contributed by atoms with Crippen molar-refractivity contribution in [1.29, 1.82) is 0 Å². The van der Waals surface area contributed by atoms with Crippen molar-refractivity contribution in [2.24, 2.45) is 23.7 Å². The number of nitrogens with one attached hydrogen (secondary N) is 2. The predicted octanol–water partition coefficient (Wildman–Crippen LogP) is 4.18. The number of nitrogens with zero attached hydrogens (tertiary/aromatic N) is 2. The lowest BCUT2D eigenvalue weighted by atomic mass is 9.82. The van der Waals surface area contributed by atoms with Crippen LogP contribution in [0.2, 0.25) is 0 Å². The Balaban J connectivity index is 1.77. The third-order valence-corrected chi connectivity index (χ3v) is 11.9. The van der Waals surface area contributed by atoms with E-state index in [-0.39, 0.29) is 60.6 Å². The van der Waals surface area contributed by atoms with E-state index in [1.165, 1.54) is 14.2 Å². The molecule has 0 saturated carbocycles. The van der Waals surface area contributed by atoms with Gasteiger partial charge in [-0.1, -0.05) is 71.4 Å². The van der Waals surface area contributed by atoms with Crippen LogP contribution in [0, 0.1) is 23.7 Å². The Morgan fingerprint density at radius 3 is 2.23 bits per heavy atom. The highest BCUT2D eigenvalue weighted by Crippen LogP contribution is 2.32. The molecule has 0 aliphatic carbocycles. The molecule has 53 heavy (non-hydrogen) atoms. The van der Waals surface area contributed by atoms with Crippen molar-refractivity contribution in [2.45, 2.75) is 129 Å². The summed E-state index contributed by atoms with van der Waals surface area (Å²) >= 11 is 0. The van der Waals surface area contributed by atoms with Crippen LogP contribution in [0.5, 0.6) is 0 Å². The minimum atomic E-state index is -0.883. The van der Waals surface area contributed by atoms with Crippen LogP contribution in [0.25, 0.3) is 0 Å². The van der Waals surface area contributed by atoms with Crippen LogP contribution in [0.1, 0.15) is 92.1 Å². The van der Waals surface area contributed by atoms with Crippen LogP contribution in [0.15, 0.2) is 30.3 Å². The first-order chi connectivity index (χ1) is 25.1. The van der Waals surface area contributed by atoms with Gasteiger partial charge in [0.25, 0.3) is 0 Å². The summed E-state index contributed by atoms with van der Waals surface area (Å²) in [5.41, 5.74) is 0.269. The SMILES string of the molecule is CC[C@H](C)[C@@H]([C@@H](CC(=O)N1CCC[C@H]1[C@H](OC)[C@@H](C)C(=O)N[C@@H](Cc1ccccc1)C(=O)OC)OC)N(C)C(=O)[C@@H](CC(=O)[C@]1(C)CCCN1)C(C)C. The molecule has 0 spiro atoms. The third-order valence-electron chi connectivity index (χ3n) is 11.9. The Morgan fingerprint density at radius 2 is 1.68 bits per heavy atom. The molecular formula is C41H66N4O8. The molecule has 3 rings (SSSR count). The number of methoxy groups -OCH3 is 3. The van der Waals surface area contributed by atoms with E-state index in [4.69, 9.17) is 14.2 Å². The molecule has 1 aromatic carbocycles. The topological polar surface area (TPSA) is 144 Å². The lowest BCUT2D eigenvalue weighted by Gasteiger charge is -2.41. The monoisotopic (exact) mass is 742 g/mol. The molecule has 2 aliphatic heterocycles. The number of ketones is 1. The van der Waals surface area contributed by atoms with Crippen molar-refractivity contribution < 1.29 is 38.2 Å². The fraction of sp³-hybridized carbons (Fsp3) is 0.732. The summed E-state index contributed by atoms with van der Waals surface area (Å²) in [5, 5.41) is 6.20. The average Bonchev–Trinajstić information content (AvgIpc) is 3.83. The maximum Gasteiger partial charge on any atom is 0.328 e. The molecule has 3 amide bonds. The van der Waals surface area contributed by atoms with Crippen LogP contribution in [0.3, 0.4) is 0 Å².